The normalized spacial score (nSPS) is 23.2. The Morgan fingerprint density at radius 2 is 1.87 bits per heavy atom. The van der Waals surface area contributed by atoms with Crippen molar-refractivity contribution in [1.29, 1.82) is 0 Å². The van der Waals surface area contributed by atoms with Crippen molar-refractivity contribution in [1.82, 2.24) is 22.8 Å². The largest absolute Gasteiger partial charge is 0.385 e. The van der Waals surface area contributed by atoms with Crippen LogP contribution < -0.4 is 0 Å². The van der Waals surface area contributed by atoms with Crippen molar-refractivity contribution in [3.8, 4) is 0 Å². The SMILES string of the molecule is C[C@@H](O)c1nc2cnc3c(ccn3S(=O)(=O)c3ccccc3)c2n1C1CCN(S(=O)(=O)C2(C)C=CC=CC2)C1. The van der Waals surface area contributed by atoms with E-state index in [4.69, 9.17) is 0 Å². The van der Waals surface area contributed by atoms with Crippen molar-refractivity contribution in [2.75, 3.05) is 13.1 Å². The van der Waals surface area contributed by atoms with Gasteiger partial charge in [-0.2, -0.15) is 4.31 Å². The maximum atomic E-state index is 13.7. The molecule has 1 N–H and O–H groups in total. The number of aliphatic hydroxyl groups excluding tert-OH is 1. The van der Waals surface area contributed by atoms with E-state index in [2.05, 4.69) is 9.97 Å². The number of sulfonamides is 1. The molecule has 1 aliphatic carbocycles. The Morgan fingerprint density at radius 3 is 2.56 bits per heavy atom. The molecule has 1 saturated heterocycles. The molecule has 39 heavy (non-hydrogen) atoms. The number of hydrogen-bond acceptors (Lipinski definition) is 7. The average Bonchev–Trinajstić information content (AvgIpc) is 3.66. The topological polar surface area (TPSA) is 127 Å². The monoisotopic (exact) mass is 567 g/mol. The number of nitrogens with zero attached hydrogens (tertiary/aromatic N) is 5. The van der Waals surface area contributed by atoms with E-state index >= 15 is 0 Å². The smallest absolute Gasteiger partial charge is 0.269 e. The predicted octanol–water partition coefficient (Wildman–Crippen LogP) is 3.53. The first-order valence-corrected chi connectivity index (χ1v) is 15.6. The summed E-state index contributed by atoms with van der Waals surface area (Å²) in [5.74, 6) is 0.383. The number of hydrogen-bond donors (Lipinski definition) is 1. The van der Waals surface area contributed by atoms with Crippen LogP contribution in [0.5, 0.6) is 0 Å². The third-order valence-electron chi connectivity index (χ3n) is 7.67. The van der Waals surface area contributed by atoms with Crippen LogP contribution in [-0.4, -0.2) is 62.6 Å². The minimum atomic E-state index is -3.90. The third kappa shape index (κ3) is 3.96. The molecule has 4 heterocycles. The Balaban J connectivity index is 1.46. The zero-order valence-corrected chi connectivity index (χ0v) is 23.2. The molecule has 0 amide bonds. The highest BCUT2D eigenvalue weighted by Crippen LogP contribution is 2.38. The number of fused-ring (bicyclic) bond motifs is 3. The van der Waals surface area contributed by atoms with Crippen LogP contribution in [0.1, 0.15) is 44.7 Å². The van der Waals surface area contributed by atoms with Gasteiger partial charge in [0.05, 0.1) is 22.7 Å². The van der Waals surface area contributed by atoms with Crippen LogP contribution in [0.4, 0.5) is 0 Å². The van der Waals surface area contributed by atoms with Crippen molar-refractivity contribution < 1.29 is 21.9 Å². The van der Waals surface area contributed by atoms with Gasteiger partial charge in [-0.3, -0.25) is 0 Å². The molecule has 1 aromatic carbocycles. The Bertz CT molecular complexity index is 1860. The molecule has 10 nitrogen and oxygen atoms in total. The zero-order chi connectivity index (χ0) is 27.6. The van der Waals surface area contributed by atoms with Gasteiger partial charge in [-0.25, -0.2) is 30.8 Å². The second kappa shape index (κ2) is 9.12. The highest BCUT2D eigenvalue weighted by atomic mass is 32.2. The van der Waals surface area contributed by atoms with Crippen LogP contribution in [0.3, 0.4) is 0 Å². The molecule has 3 aromatic heterocycles. The Kier molecular flexibility index (Phi) is 6.06. The van der Waals surface area contributed by atoms with Crippen molar-refractivity contribution in [2.45, 2.75) is 48.5 Å². The van der Waals surface area contributed by atoms with Crippen LogP contribution in [0.25, 0.3) is 22.1 Å². The zero-order valence-electron chi connectivity index (χ0n) is 21.5. The number of aromatic nitrogens is 4. The van der Waals surface area contributed by atoms with E-state index in [-0.39, 0.29) is 23.1 Å². The summed E-state index contributed by atoms with van der Waals surface area (Å²) in [6.07, 6.45) is 10.2. The lowest BCUT2D eigenvalue weighted by Gasteiger charge is -2.31. The summed E-state index contributed by atoms with van der Waals surface area (Å²) in [4.78, 5) is 9.20. The lowest BCUT2D eigenvalue weighted by Crippen LogP contribution is -2.44. The van der Waals surface area contributed by atoms with Gasteiger partial charge in [0.2, 0.25) is 10.0 Å². The second-order valence-electron chi connectivity index (χ2n) is 10.3. The summed E-state index contributed by atoms with van der Waals surface area (Å²) >= 11 is 0. The molecular weight excluding hydrogens is 538 g/mol. The van der Waals surface area contributed by atoms with Crippen LogP contribution in [-0.2, 0) is 20.0 Å². The lowest BCUT2D eigenvalue weighted by atomic mass is 10.0. The van der Waals surface area contributed by atoms with E-state index < -0.39 is 30.9 Å². The summed E-state index contributed by atoms with van der Waals surface area (Å²) in [6, 6.07) is 9.50. The van der Waals surface area contributed by atoms with Gasteiger partial charge in [0.15, 0.2) is 5.65 Å². The van der Waals surface area contributed by atoms with E-state index in [1.54, 1.807) is 50.3 Å². The summed E-state index contributed by atoms with van der Waals surface area (Å²) in [7, 11) is -7.56. The molecule has 0 saturated carbocycles. The number of rotatable bonds is 6. The quantitative estimate of drug-likeness (QED) is 0.378. The fraction of sp³-hybridized carbons (Fsp3) is 0.333. The average molecular weight is 568 g/mol. The number of benzene rings is 1. The summed E-state index contributed by atoms with van der Waals surface area (Å²) < 4.78 is 57.6. The van der Waals surface area contributed by atoms with Gasteiger partial charge >= 0.3 is 0 Å². The Hall–Kier alpha value is -3.32. The standard InChI is InChI=1S/C27H29N5O5S2/c1-19(33)25-29-23-17-28-26-22(12-16-31(26)38(34,35)21-9-5-3-6-10-21)24(23)32(25)20-11-15-30(18-20)39(36,37)27(2)13-7-4-8-14-27/h3-10,12-13,16-17,19-20,33H,11,14-15,18H2,1-2H3/t19-,20?,27?/m1/s1. The first-order chi connectivity index (χ1) is 18.5. The number of allylic oxidation sites excluding steroid dienone is 3. The number of pyridine rings is 1. The molecule has 2 unspecified atom stereocenters. The fourth-order valence-corrected chi connectivity index (χ4v) is 8.75. The summed E-state index contributed by atoms with van der Waals surface area (Å²) in [5.41, 5.74) is 1.36. The van der Waals surface area contributed by atoms with Gasteiger partial charge in [-0.1, -0.05) is 42.5 Å². The molecule has 0 radical (unpaired) electrons. The minimum Gasteiger partial charge on any atom is -0.385 e. The van der Waals surface area contributed by atoms with E-state index in [1.165, 1.54) is 28.8 Å². The van der Waals surface area contributed by atoms with E-state index in [0.29, 0.717) is 41.6 Å². The molecule has 1 aliphatic heterocycles. The lowest BCUT2D eigenvalue weighted by molar-refractivity contribution is 0.182. The number of imidazole rings is 1. The van der Waals surface area contributed by atoms with E-state index in [9.17, 15) is 21.9 Å². The van der Waals surface area contributed by atoms with E-state index in [1.807, 2.05) is 16.7 Å². The maximum Gasteiger partial charge on any atom is 0.269 e. The molecule has 1 fully saturated rings. The van der Waals surface area contributed by atoms with Crippen LogP contribution in [0, 0.1) is 0 Å². The van der Waals surface area contributed by atoms with Gasteiger partial charge in [-0.05, 0) is 44.9 Å². The molecule has 6 rings (SSSR count). The highest BCUT2D eigenvalue weighted by molar-refractivity contribution is 7.90. The van der Waals surface area contributed by atoms with Gasteiger partial charge < -0.3 is 9.67 Å². The molecule has 0 spiro atoms. The van der Waals surface area contributed by atoms with Crippen molar-refractivity contribution >= 4 is 42.1 Å². The minimum absolute atomic E-state index is 0.138. The Morgan fingerprint density at radius 1 is 1.10 bits per heavy atom. The first-order valence-electron chi connectivity index (χ1n) is 12.8. The van der Waals surface area contributed by atoms with Gasteiger partial charge in [0.25, 0.3) is 10.0 Å². The van der Waals surface area contributed by atoms with Crippen LogP contribution in [0.15, 0.2) is 78.0 Å². The maximum absolute atomic E-state index is 13.7. The number of aliphatic hydroxyl groups is 1. The predicted molar refractivity (Wildman–Crippen MR) is 148 cm³/mol. The fourth-order valence-electron chi connectivity index (χ4n) is 5.56. The van der Waals surface area contributed by atoms with Gasteiger partial charge in [0.1, 0.15) is 22.2 Å². The summed E-state index contributed by atoms with van der Waals surface area (Å²) in [6.45, 7) is 3.88. The molecule has 12 heteroatoms. The Labute approximate surface area is 227 Å². The van der Waals surface area contributed by atoms with Gasteiger partial charge in [0, 0.05) is 24.7 Å². The molecular formula is C27H29N5O5S2. The van der Waals surface area contributed by atoms with Gasteiger partial charge in [-0.15, -0.1) is 0 Å². The molecule has 3 atom stereocenters. The second-order valence-corrected chi connectivity index (χ2v) is 14.5. The summed E-state index contributed by atoms with van der Waals surface area (Å²) in [5, 5.41) is 11.2. The first kappa shape index (κ1) is 25.9. The highest BCUT2D eigenvalue weighted by Gasteiger charge is 2.44. The van der Waals surface area contributed by atoms with Crippen LogP contribution >= 0.6 is 0 Å². The molecule has 4 aromatic rings. The molecule has 2 aliphatic rings. The molecule has 204 valence electrons. The molecule has 0 bridgehead atoms. The third-order valence-corrected chi connectivity index (χ3v) is 11.8. The van der Waals surface area contributed by atoms with E-state index in [0.717, 1.165) is 3.97 Å². The van der Waals surface area contributed by atoms with Crippen LogP contribution in [0.2, 0.25) is 0 Å². The van der Waals surface area contributed by atoms with Crippen molar-refractivity contribution in [3.63, 3.8) is 0 Å². The van der Waals surface area contributed by atoms with Crippen molar-refractivity contribution in [2.24, 2.45) is 0 Å². The van der Waals surface area contributed by atoms with Crippen molar-refractivity contribution in [3.05, 3.63) is 78.9 Å².